The minimum Gasteiger partial charge on any atom is -0.382 e. The molecule has 2 aromatic heterocycles. The molecule has 0 unspecified atom stereocenters. The third kappa shape index (κ3) is 2.38. The van der Waals surface area contributed by atoms with Gasteiger partial charge in [-0.15, -0.1) is 12.4 Å². The van der Waals surface area contributed by atoms with Gasteiger partial charge in [0.15, 0.2) is 17.0 Å². The van der Waals surface area contributed by atoms with Gasteiger partial charge in [0.1, 0.15) is 0 Å². The van der Waals surface area contributed by atoms with E-state index in [2.05, 4.69) is 19.9 Å². The van der Waals surface area contributed by atoms with Gasteiger partial charge >= 0.3 is 0 Å². The van der Waals surface area contributed by atoms with E-state index >= 15 is 0 Å². The summed E-state index contributed by atoms with van der Waals surface area (Å²) in [6, 6.07) is 9.71. The quantitative estimate of drug-likeness (QED) is 0.699. The number of rotatable bonds is 1. The van der Waals surface area contributed by atoms with Crippen LogP contribution in [0.4, 0.5) is 11.8 Å². The number of nitrogen functional groups attached to an aromatic ring is 2. The zero-order valence-electron chi connectivity index (χ0n) is 9.82. The summed E-state index contributed by atoms with van der Waals surface area (Å²) in [6.45, 7) is 0. The molecule has 0 aliphatic carbocycles. The van der Waals surface area contributed by atoms with Gasteiger partial charge in [0.05, 0.1) is 11.9 Å². The van der Waals surface area contributed by atoms with E-state index in [9.17, 15) is 0 Å². The van der Waals surface area contributed by atoms with E-state index in [0.717, 1.165) is 11.3 Å². The van der Waals surface area contributed by atoms with Gasteiger partial charge in [0.25, 0.3) is 0 Å². The lowest BCUT2D eigenvalue weighted by Crippen LogP contribution is -2.03. The average molecular weight is 275 g/mol. The highest BCUT2D eigenvalue weighted by Gasteiger charge is 2.08. The summed E-state index contributed by atoms with van der Waals surface area (Å²) in [6.07, 6.45) is 1.64. The highest BCUT2D eigenvalue weighted by atomic mass is 35.5. The standard InChI is InChI=1S/C12H10N6.ClH/c13-10-9-11(18-12(14)17-10)15-6-8(16-9)7-4-2-1-3-5-7;/h1-6H,(H4,13,14,15,17,18);1H. The Morgan fingerprint density at radius 3 is 2.37 bits per heavy atom. The highest BCUT2D eigenvalue weighted by molar-refractivity contribution is 5.85. The van der Waals surface area contributed by atoms with Crippen LogP contribution in [0.3, 0.4) is 0 Å². The molecular formula is C12H11ClN6. The van der Waals surface area contributed by atoms with Gasteiger partial charge in [-0.1, -0.05) is 30.3 Å². The monoisotopic (exact) mass is 274 g/mol. The minimum absolute atomic E-state index is 0. The molecule has 0 aliphatic rings. The number of nitrogens with two attached hydrogens (primary N) is 2. The maximum Gasteiger partial charge on any atom is 0.224 e. The molecule has 4 N–H and O–H groups in total. The number of fused-ring (bicyclic) bond motifs is 1. The van der Waals surface area contributed by atoms with Crippen molar-refractivity contribution in [2.45, 2.75) is 0 Å². The molecule has 0 spiro atoms. The molecule has 0 atom stereocenters. The average Bonchev–Trinajstić information content (AvgIpc) is 2.39. The summed E-state index contributed by atoms with van der Waals surface area (Å²) >= 11 is 0. The number of benzene rings is 1. The van der Waals surface area contributed by atoms with Crippen molar-refractivity contribution in [2.75, 3.05) is 11.5 Å². The fourth-order valence-corrected chi connectivity index (χ4v) is 1.69. The first kappa shape index (κ1) is 13.0. The number of hydrogen-bond donors (Lipinski definition) is 2. The Balaban J connectivity index is 0.00000133. The van der Waals surface area contributed by atoms with Gasteiger partial charge in [-0.25, -0.2) is 9.97 Å². The molecule has 0 saturated carbocycles. The van der Waals surface area contributed by atoms with Crippen LogP contribution in [0.15, 0.2) is 36.5 Å². The maximum absolute atomic E-state index is 5.77. The Morgan fingerprint density at radius 1 is 0.895 bits per heavy atom. The number of hydrogen-bond acceptors (Lipinski definition) is 6. The first-order chi connectivity index (χ1) is 8.74. The minimum atomic E-state index is 0. The molecule has 19 heavy (non-hydrogen) atoms. The molecule has 0 aliphatic heterocycles. The molecule has 0 saturated heterocycles. The lowest BCUT2D eigenvalue weighted by molar-refractivity contribution is 1.17. The normalized spacial score (nSPS) is 10.1. The van der Waals surface area contributed by atoms with E-state index in [1.54, 1.807) is 6.20 Å². The van der Waals surface area contributed by atoms with Crippen molar-refractivity contribution in [3.8, 4) is 11.3 Å². The van der Waals surface area contributed by atoms with Crippen LogP contribution in [0.1, 0.15) is 0 Å². The summed E-state index contributed by atoms with van der Waals surface area (Å²) in [5.41, 5.74) is 13.8. The van der Waals surface area contributed by atoms with E-state index in [0.29, 0.717) is 11.2 Å². The lowest BCUT2D eigenvalue weighted by atomic mass is 10.2. The topological polar surface area (TPSA) is 104 Å². The van der Waals surface area contributed by atoms with Gasteiger partial charge in [-0.2, -0.15) is 9.97 Å². The molecule has 3 aromatic rings. The Morgan fingerprint density at radius 2 is 1.63 bits per heavy atom. The summed E-state index contributed by atoms with van der Waals surface area (Å²) in [5.74, 6) is 0.338. The fourth-order valence-electron chi connectivity index (χ4n) is 1.69. The highest BCUT2D eigenvalue weighted by Crippen LogP contribution is 2.20. The third-order valence-corrected chi connectivity index (χ3v) is 2.52. The predicted octanol–water partition coefficient (Wildman–Crippen LogP) is 1.67. The second-order valence-corrected chi connectivity index (χ2v) is 3.76. The number of halogens is 1. The molecule has 0 amide bonds. The van der Waals surface area contributed by atoms with Crippen molar-refractivity contribution >= 4 is 35.3 Å². The molecule has 3 rings (SSSR count). The zero-order chi connectivity index (χ0) is 12.5. The van der Waals surface area contributed by atoms with Crippen LogP contribution in [-0.4, -0.2) is 19.9 Å². The number of aromatic nitrogens is 4. The summed E-state index contributed by atoms with van der Waals surface area (Å²) in [4.78, 5) is 16.5. The van der Waals surface area contributed by atoms with Crippen LogP contribution in [0.25, 0.3) is 22.4 Å². The van der Waals surface area contributed by atoms with Gasteiger partial charge in [0, 0.05) is 5.56 Å². The Bertz CT molecular complexity index is 716. The Labute approximate surface area is 115 Å². The molecule has 0 radical (unpaired) electrons. The van der Waals surface area contributed by atoms with Crippen molar-refractivity contribution in [3.63, 3.8) is 0 Å². The molecule has 96 valence electrons. The maximum atomic E-state index is 5.77. The SMILES string of the molecule is Cl.Nc1nc(N)c2nc(-c3ccccc3)cnc2n1. The second-order valence-electron chi connectivity index (χ2n) is 3.76. The molecular weight excluding hydrogens is 264 g/mol. The van der Waals surface area contributed by atoms with Gasteiger partial charge < -0.3 is 11.5 Å². The predicted molar refractivity (Wildman–Crippen MR) is 76.6 cm³/mol. The third-order valence-electron chi connectivity index (χ3n) is 2.52. The van der Waals surface area contributed by atoms with Crippen molar-refractivity contribution in [1.29, 1.82) is 0 Å². The number of anilines is 2. The van der Waals surface area contributed by atoms with Gasteiger partial charge in [-0.3, -0.25) is 0 Å². The van der Waals surface area contributed by atoms with E-state index in [1.165, 1.54) is 0 Å². The van der Waals surface area contributed by atoms with E-state index < -0.39 is 0 Å². The Hall–Kier alpha value is -2.47. The van der Waals surface area contributed by atoms with E-state index in [4.69, 9.17) is 11.5 Å². The smallest absolute Gasteiger partial charge is 0.224 e. The van der Waals surface area contributed by atoms with Crippen LogP contribution in [0.5, 0.6) is 0 Å². The molecule has 1 aromatic carbocycles. The summed E-state index contributed by atoms with van der Waals surface area (Å²) in [5, 5.41) is 0. The summed E-state index contributed by atoms with van der Waals surface area (Å²) in [7, 11) is 0. The van der Waals surface area contributed by atoms with Gasteiger partial charge in [0.2, 0.25) is 5.95 Å². The van der Waals surface area contributed by atoms with Crippen molar-refractivity contribution in [2.24, 2.45) is 0 Å². The van der Waals surface area contributed by atoms with Crippen LogP contribution in [0.2, 0.25) is 0 Å². The molecule has 0 fully saturated rings. The van der Waals surface area contributed by atoms with Crippen molar-refractivity contribution in [3.05, 3.63) is 36.5 Å². The molecule has 2 heterocycles. The molecule has 7 heteroatoms. The van der Waals surface area contributed by atoms with Crippen LogP contribution in [0, 0.1) is 0 Å². The van der Waals surface area contributed by atoms with E-state index in [-0.39, 0.29) is 24.2 Å². The van der Waals surface area contributed by atoms with Gasteiger partial charge in [-0.05, 0) is 0 Å². The summed E-state index contributed by atoms with van der Waals surface area (Å²) < 4.78 is 0. The first-order valence-electron chi connectivity index (χ1n) is 5.35. The van der Waals surface area contributed by atoms with Crippen LogP contribution < -0.4 is 11.5 Å². The molecule has 6 nitrogen and oxygen atoms in total. The van der Waals surface area contributed by atoms with E-state index in [1.807, 2.05) is 30.3 Å². The van der Waals surface area contributed by atoms with Crippen LogP contribution in [-0.2, 0) is 0 Å². The lowest BCUT2D eigenvalue weighted by Gasteiger charge is -2.04. The van der Waals surface area contributed by atoms with Crippen molar-refractivity contribution < 1.29 is 0 Å². The largest absolute Gasteiger partial charge is 0.382 e. The fraction of sp³-hybridized carbons (Fsp3) is 0. The first-order valence-corrected chi connectivity index (χ1v) is 5.35. The Kier molecular flexibility index (Phi) is 3.43. The van der Waals surface area contributed by atoms with Crippen molar-refractivity contribution in [1.82, 2.24) is 19.9 Å². The second kappa shape index (κ2) is 5.03. The molecule has 0 bridgehead atoms. The zero-order valence-corrected chi connectivity index (χ0v) is 10.6. The van der Waals surface area contributed by atoms with Crippen LogP contribution >= 0.6 is 12.4 Å². The number of nitrogens with zero attached hydrogens (tertiary/aromatic N) is 4.